The van der Waals surface area contributed by atoms with Crippen LogP contribution in [0, 0.1) is 0 Å². The average molecular weight is 152 g/mol. The van der Waals surface area contributed by atoms with Gasteiger partial charge in [-0.2, -0.15) is 0 Å². The van der Waals surface area contributed by atoms with Crippen LogP contribution in [0.1, 0.15) is 0 Å². The van der Waals surface area contributed by atoms with Crippen molar-refractivity contribution in [1.29, 1.82) is 0 Å². The van der Waals surface area contributed by atoms with Crippen molar-refractivity contribution >= 4 is 0 Å². The van der Waals surface area contributed by atoms with Gasteiger partial charge in [0.2, 0.25) is 0 Å². The van der Waals surface area contributed by atoms with Crippen molar-refractivity contribution in [3.63, 3.8) is 0 Å². The van der Waals surface area contributed by atoms with E-state index in [1.165, 1.54) is 0 Å². The van der Waals surface area contributed by atoms with Gasteiger partial charge in [0.05, 0.1) is 6.54 Å². The molecule has 1 aliphatic rings. The molecule has 0 saturated carbocycles. The Hall–Kier alpha value is -0.260. The molecule has 4 N–H and O–H groups in total. The molecular weight excluding hydrogens is 142 g/mol. The molecule has 1 heterocycles. The highest BCUT2D eigenvalue weighted by atomic mass is 19.3. The summed E-state index contributed by atoms with van der Waals surface area (Å²) in [7, 11) is 0. The first-order valence-corrected chi connectivity index (χ1v) is 3.03. The van der Waals surface area contributed by atoms with Crippen molar-refractivity contribution in [2.24, 2.45) is 5.73 Å². The van der Waals surface area contributed by atoms with E-state index in [4.69, 9.17) is 10.8 Å². The summed E-state index contributed by atoms with van der Waals surface area (Å²) in [5, 5.41) is 11.6. The van der Waals surface area contributed by atoms with Crippen LogP contribution in [0.3, 0.4) is 0 Å². The molecule has 1 aliphatic heterocycles. The zero-order valence-corrected chi connectivity index (χ0v) is 5.40. The Bertz CT molecular complexity index is 126. The number of alkyl halides is 2. The van der Waals surface area contributed by atoms with E-state index in [0.29, 0.717) is 0 Å². The summed E-state index contributed by atoms with van der Waals surface area (Å²) in [4.78, 5) is 0. The van der Waals surface area contributed by atoms with Gasteiger partial charge in [-0.1, -0.05) is 0 Å². The lowest BCUT2D eigenvalue weighted by molar-refractivity contribution is -0.196. The molecule has 1 saturated heterocycles. The molecule has 0 unspecified atom stereocenters. The number of β-amino-alcohol motifs (C(OH)–C–C–N with tert-alkyl or cyclic N) is 1. The first-order chi connectivity index (χ1) is 4.52. The summed E-state index contributed by atoms with van der Waals surface area (Å²) in [6.07, 6.45) is 0. The highest BCUT2D eigenvalue weighted by Crippen LogP contribution is 2.30. The zero-order chi connectivity index (χ0) is 7.83. The highest BCUT2D eigenvalue weighted by Gasteiger charge is 2.55. The molecule has 0 amide bonds. The molecule has 3 nitrogen and oxygen atoms in total. The Morgan fingerprint density at radius 3 is 2.20 bits per heavy atom. The number of hydrogen-bond donors (Lipinski definition) is 3. The van der Waals surface area contributed by atoms with Gasteiger partial charge in [0.25, 0.3) is 5.92 Å². The minimum atomic E-state index is -3.15. The quantitative estimate of drug-likeness (QED) is 0.471. The molecule has 0 atom stereocenters. The molecule has 60 valence electrons. The molecule has 0 aliphatic carbocycles. The molecule has 0 radical (unpaired) electrons. The Balaban J connectivity index is 2.61. The van der Waals surface area contributed by atoms with Gasteiger partial charge >= 0.3 is 0 Å². The van der Waals surface area contributed by atoms with Crippen molar-refractivity contribution in [2.45, 2.75) is 11.5 Å². The molecule has 1 fully saturated rings. The standard InChI is InChI=1S/C5H10F2N2O/c6-5(7,1-8)4(10)2-9-3-4/h9-10H,1-3,8H2. The molecule has 1 rings (SSSR count). The van der Waals surface area contributed by atoms with Crippen LogP contribution >= 0.6 is 0 Å². The summed E-state index contributed by atoms with van der Waals surface area (Å²) in [5.74, 6) is -3.15. The molecule has 0 spiro atoms. The molecule has 10 heavy (non-hydrogen) atoms. The summed E-state index contributed by atoms with van der Waals surface area (Å²) in [5.41, 5.74) is 2.86. The second kappa shape index (κ2) is 2.11. The lowest BCUT2D eigenvalue weighted by atomic mass is 9.89. The third kappa shape index (κ3) is 0.902. The van der Waals surface area contributed by atoms with E-state index in [-0.39, 0.29) is 13.1 Å². The van der Waals surface area contributed by atoms with E-state index in [1.54, 1.807) is 0 Å². The molecule has 5 heteroatoms. The SMILES string of the molecule is NCC(F)(F)C1(O)CNC1. The number of nitrogens with two attached hydrogens (primary N) is 1. The lowest BCUT2D eigenvalue weighted by Crippen LogP contribution is -2.70. The fraction of sp³-hybridized carbons (Fsp3) is 1.00. The fourth-order valence-electron chi connectivity index (χ4n) is 0.810. The van der Waals surface area contributed by atoms with Crippen molar-refractivity contribution in [2.75, 3.05) is 19.6 Å². The van der Waals surface area contributed by atoms with Crippen LogP contribution in [0.25, 0.3) is 0 Å². The van der Waals surface area contributed by atoms with Gasteiger partial charge in [-0.05, 0) is 0 Å². The van der Waals surface area contributed by atoms with Gasteiger partial charge < -0.3 is 16.2 Å². The van der Waals surface area contributed by atoms with E-state index in [0.717, 1.165) is 0 Å². The van der Waals surface area contributed by atoms with E-state index < -0.39 is 18.1 Å². The van der Waals surface area contributed by atoms with Crippen molar-refractivity contribution < 1.29 is 13.9 Å². The topological polar surface area (TPSA) is 58.3 Å². The van der Waals surface area contributed by atoms with Crippen LogP contribution in [0.15, 0.2) is 0 Å². The predicted octanol–water partition coefficient (Wildman–Crippen LogP) is -1.09. The second-order valence-electron chi connectivity index (χ2n) is 2.54. The number of nitrogens with one attached hydrogen (secondary N) is 1. The number of aliphatic hydroxyl groups is 1. The van der Waals surface area contributed by atoms with Gasteiger partial charge in [-0.15, -0.1) is 0 Å². The molecule has 0 bridgehead atoms. The van der Waals surface area contributed by atoms with Gasteiger partial charge in [0.15, 0.2) is 5.60 Å². The minimum Gasteiger partial charge on any atom is -0.381 e. The highest BCUT2D eigenvalue weighted by molar-refractivity contribution is 5.03. The lowest BCUT2D eigenvalue weighted by Gasteiger charge is -2.42. The van der Waals surface area contributed by atoms with Crippen LogP contribution in [0.5, 0.6) is 0 Å². The van der Waals surface area contributed by atoms with Crippen molar-refractivity contribution in [1.82, 2.24) is 5.32 Å². The molecule has 0 aromatic heterocycles. The third-order valence-electron chi connectivity index (χ3n) is 1.77. The van der Waals surface area contributed by atoms with E-state index in [1.807, 2.05) is 0 Å². The van der Waals surface area contributed by atoms with Crippen molar-refractivity contribution in [3.05, 3.63) is 0 Å². The molecule has 0 aromatic rings. The van der Waals surface area contributed by atoms with Crippen molar-refractivity contribution in [3.8, 4) is 0 Å². The first kappa shape index (κ1) is 7.84. The number of rotatable bonds is 2. The van der Waals surface area contributed by atoms with E-state index >= 15 is 0 Å². The summed E-state index contributed by atoms with van der Waals surface area (Å²) in [6, 6.07) is 0. The van der Waals surface area contributed by atoms with E-state index in [2.05, 4.69) is 5.32 Å². The Morgan fingerprint density at radius 1 is 1.60 bits per heavy atom. The Labute approximate surface area is 57.2 Å². The maximum absolute atomic E-state index is 12.6. The second-order valence-corrected chi connectivity index (χ2v) is 2.54. The summed E-state index contributed by atoms with van der Waals surface area (Å²) < 4.78 is 25.1. The number of hydrogen-bond acceptors (Lipinski definition) is 3. The predicted molar refractivity (Wildman–Crippen MR) is 31.8 cm³/mol. The van der Waals surface area contributed by atoms with Crippen LogP contribution in [0.4, 0.5) is 8.78 Å². The summed E-state index contributed by atoms with van der Waals surface area (Å²) >= 11 is 0. The Morgan fingerprint density at radius 2 is 2.10 bits per heavy atom. The van der Waals surface area contributed by atoms with Gasteiger partial charge in [-0.25, -0.2) is 8.78 Å². The minimum absolute atomic E-state index is 0.0722. The average Bonchev–Trinajstić information content (AvgIpc) is 1.82. The first-order valence-electron chi connectivity index (χ1n) is 3.03. The summed E-state index contributed by atoms with van der Waals surface area (Å²) in [6.45, 7) is -0.945. The Kier molecular flexibility index (Phi) is 1.66. The van der Waals surface area contributed by atoms with Crippen LogP contribution in [-0.2, 0) is 0 Å². The maximum atomic E-state index is 12.6. The van der Waals surface area contributed by atoms with Gasteiger partial charge in [-0.3, -0.25) is 0 Å². The fourth-order valence-corrected chi connectivity index (χ4v) is 0.810. The van der Waals surface area contributed by atoms with Crippen LogP contribution in [0.2, 0.25) is 0 Å². The zero-order valence-electron chi connectivity index (χ0n) is 5.40. The normalized spacial score (nSPS) is 24.0. The monoisotopic (exact) mass is 152 g/mol. The largest absolute Gasteiger partial charge is 0.381 e. The van der Waals surface area contributed by atoms with Crippen LogP contribution < -0.4 is 11.1 Å². The van der Waals surface area contributed by atoms with Gasteiger partial charge in [0.1, 0.15) is 0 Å². The van der Waals surface area contributed by atoms with E-state index in [9.17, 15) is 8.78 Å². The maximum Gasteiger partial charge on any atom is 0.290 e. The smallest absolute Gasteiger partial charge is 0.290 e. The molecular formula is C5H10F2N2O. The number of halogens is 2. The third-order valence-corrected chi connectivity index (χ3v) is 1.77. The van der Waals surface area contributed by atoms with Gasteiger partial charge in [0, 0.05) is 13.1 Å². The van der Waals surface area contributed by atoms with Crippen LogP contribution in [-0.4, -0.2) is 36.3 Å². The molecule has 0 aromatic carbocycles.